The minimum atomic E-state index is -1.80. The zero-order chi connectivity index (χ0) is 55.1. The molecule has 0 saturated carbocycles. The van der Waals surface area contributed by atoms with Gasteiger partial charge in [0.1, 0.15) is 48.0 Å². The molecule has 0 aliphatic carbocycles. The zero-order valence-corrected chi connectivity index (χ0v) is 42.9. The highest BCUT2D eigenvalue weighted by molar-refractivity contribution is 5.98. The topological polar surface area (TPSA) is 379 Å². The number of hydrogen-bond donors (Lipinski definition) is 13. The van der Waals surface area contributed by atoms with Gasteiger partial charge >= 0.3 is 11.9 Å². The maximum Gasteiger partial charge on any atom is 0.326 e. The van der Waals surface area contributed by atoms with Crippen molar-refractivity contribution in [3.8, 4) is 5.75 Å². The molecule has 7 amide bonds. The van der Waals surface area contributed by atoms with E-state index in [0.29, 0.717) is 42.5 Å². The van der Waals surface area contributed by atoms with Gasteiger partial charge in [0, 0.05) is 31.2 Å². The van der Waals surface area contributed by atoms with Gasteiger partial charge in [-0.3, -0.25) is 38.4 Å². The Morgan fingerprint density at radius 3 is 1.66 bits per heavy atom. The average Bonchev–Trinajstić information content (AvgIpc) is 3.86. The van der Waals surface area contributed by atoms with Crippen LogP contribution in [0.4, 0.5) is 0 Å². The van der Waals surface area contributed by atoms with Crippen LogP contribution in [0.25, 0.3) is 0 Å². The number of amides is 7. The standard InChI is InChI=1S/C51H75N11O12/c1-7-30(6)43(62-44(66)35(53)21-28(2)3)50(72)58-37(22-31-13-9-8-10-14-31)46(68)57-39(25-41(64)65)48(70)61-42(29(4)5)49(71)59-38(24-33-26-54-27-55-33)47(69)56-36(15-11-12-20-52)45(67)60-40(51(73)74)23-32-16-18-34(63)19-17-32/h8-10,13-14,16-19,26-30,35-40,42-43,63H,7,11-12,15,20-25,52-53H2,1-6H3,(H,54,55)(H,56,69)(H,57,68)(H,58,72)(H,59,71)(H,60,67)(H,61,70)(H,62,66)(H,64,65)(H,73,74)/t30-,35-,36-,37-,38-,39-,40-,42-,43-/m0/s1. The number of aromatic nitrogens is 2. The van der Waals surface area contributed by atoms with Gasteiger partial charge in [0.05, 0.1) is 18.8 Å². The lowest BCUT2D eigenvalue weighted by Crippen LogP contribution is -2.62. The van der Waals surface area contributed by atoms with Gasteiger partial charge in [-0.2, -0.15) is 0 Å². The molecule has 0 radical (unpaired) electrons. The molecule has 3 rings (SSSR count). The smallest absolute Gasteiger partial charge is 0.326 e. The van der Waals surface area contributed by atoms with Crippen LogP contribution in [-0.4, -0.2) is 133 Å². The van der Waals surface area contributed by atoms with E-state index in [1.807, 2.05) is 20.8 Å². The average molecular weight is 1030 g/mol. The Bertz CT molecular complexity index is 2320. The maximum atomic E-state index is 14.2. The molecule has 23 nitrogen and oxygen atoms in total. The summed E-state index contributed by atoms with van der Waals surface area (Å²) in [5.41, 5.74) is 13.3. The number of unbranched alkanes of at least 4 members (excludes halogenated alkanes) is 1. The third-order valence-corrected chi connectivity index (χ3v) is 12.2. The summed E-state index contributed by atoms with van der Waals surface area (Å²) in [6.07, 6.45) is 2.97. The third kappa shape index (κ3) is 20.6. The van der Waals surface area contributed by atoms with Gasteiger partial charge in [-0.15, -0.1) is 0 Å². The van der Waals surface area contributed by atoms with E-state index in [-0.39, 0.29) is 43.9 Å². The molecule has 0 aliphatic rings. The van der Waals surface area contributed by atoms with Crippen LogP contribution in [0.1, 0.15) is 96.9 Å². The molecular weight excluding hydrogens is 959 g/mol. The number of phenolic OH excluding ortho intramolecular Hbond substituents is 1. The molecule has 9 atom stereocenters. The third-order valence-electron chi connectivity index (χ3n) is 12.2. The van der Waals surface area contributed by atoms with Gasteiger partial charge < -0.3 is 69.0 Å². The number of carbonyl (C=O) groups excluding carboxylic acids is 7. The monoisotopic (exact) mass is 1030 g/mol. The normalized spacial score (nSPS) is 14.9. The van der Waals surface area contributed by atoms with Gasteiger partial charge in [0.2, 0.25) is 41.4 Å². The highest BCUT2D eigenvalue weighted by atomic mass is 16.4. The molecule has 0 unspecified atom stereocenters. The summed E-state index contributed by atoms with van der Waals surface area (Å²) in [6, 6.07) is 3.46. The van der Waals surface area contributed by atoms with Gasteiger partial charge in [-0.25, -0.2) is 9.78 Å². The number of carbonyl (C=O) groups is 9. The second-order valence-electron chi connectivity index (χ2n) is 19.2. The summed E-state index contributed by atoms with van der Waals surface area (Å²) < 4.78 is 0. The lowest BCUT2D eigenvalue weighted by molar-refractivity contribution is -0.142. The predicted octanol–water partition coefficient (Wildman–Crippen LogP) is 0.301. The number of H-pyrrole nitrogens is 1. The van der Waals surface area contributed by atoms with Crippen molar-refractivity contribution in [2.24, 2.45) is 29.2 Å². The Balaban J connectivity index is 1.89. The lowest BCUT2D eigenvalue weighted by atomic mass is 9.96. The van der Waals surface area contributed by atoms with Crippen LogP contribution in [0.5, 0.6) is 5.75 Å². The molecule has 15 N–H and O–H groups in total. The van der Waals surface area contributed by atoms with E-state index in [2.05, 4.69) is 47.2 Å². The summed E-state index contributed by atoms with van der Waals surface area (Å²) in [4.78, 5) is 129. The highest BCUT2D eigenvalue weighted by Crippen LogP contribution is 2.15. The second kappa shape index (κ2) is 30.6. The van der Waals surface area contributed by atoms with Crippen molar-refractivity contribution in [3.63, 3.8) is 0 Å². The zero-order valence-electron chi connectivity index (χ0n) is 42.9. The summed E-state index contributed by atoms with van der Waals surface area (Å²) in [7, 11) is 0. The van der Waals surface area contributed by atoms with Crippen LogP contribution in [0.3, 0.4) is 0 Å². The number of aromatic amines is 1. The molecule has 0 saturated heterocycles. The number of rotatable bonds is 32. The number of hydrogen-bond acceptors (Lipinski definition) is 13. The quantitative estimate of drug-likeness (QED) is 0.0374. The van der Waals surface area contributed by atoms with Crippen molar-refractivity contribution in [1.29, 1.82) is 0 Å². The van der Waals surface area contributed by atoms with Gasteiger partial charge in [0.15, 0.2) is 0 Å². The number of aliphatic carboxylic acids is 2. The second-order valence-corrected chi connectivity index (χ2v) is 19.2. The number of carboxylic acid groups (broad SMARTS) is 2. The van der Waals surface area contributed by atoms with E-state index in [1.54, 1.807) is 51.1 Å². The van der Waals surface area contributed by atoms with Crippen LogP contribution < -0.4 is 48.7 Å². The van der Waals surface area contributed by atoms with Crippen LogP contribution in [0, 0.1) is 17.8 Å². The van der Waals surface area contributed by atoms with Crippen molar-refractivity contribution >= 4 is 53.3 Å². The highest BCUT2D eigenvalue weighted by Gasteiger charge is 2.37. The molecule has 1 aromatic heterocycles. The number of benzene rings is 2. The van der Waals surface area contributed by atoms with E-state index in [0.717, 1.165) is 0 Å². The summed E-state index contributed by atoms with van der Waals surface area (Å²) in [5, 5.41) is 47.7. The molecule has 3 aromatic rings. The van der Waals surface area contributed by atoms with E-state index in [9.17, 15) is 58.5 Å². The summed E-state index contributed by atoms with van der Waals surface area (Å²) in [6.45, 7) is 10.8. The fourth-order valence-electron chi connectivity index (χ4n) is 7.80. The Morgan fingerprint density at radius 2 is 1.12 bits per heavy atom. The first-order valence-corrected chi connectivity index (χ1v) is 24.8. The van der Waals surface area contributed by atoms with Crippen molar-refractivity contribution in [2.45, 2.75) is 148 Å². The Hall–Kier alpha value is -7.40. The molecule has 2 aromatic carbocycles. The minimum Gasteiger partial charge on any atom is -0.508 e. The van der Waals surface area contributed by atoms with Gasteiger partial charge in [0.25, 0.3) is 0 Å². The van der Waals surface area contributed by atoms with Crippen molar-refractivity contribution in [1.82, 2.24) is 47.2 Å². The first-order valence-electron chi connectivity index (χ1n) is 24.8. The molecule has 1 heterocycles. The molecule has 74 heavy (non-hydrogen) atoms. The largest absolute Gasteiger partial charge is 0.508 e. The number of nitrogens with one attached hydrogen (secondary N) is 8. The Kier molecular flexibility index (Phi) is 25.2. The molecular formula is C51H75N11O12. The van der Waals surface area contributed by atoms with Gasteiger partial charge in [-0.1, -0.05) is 90.4 Å². The van der Waals surface area contributed by atoms with E-state index in [4.69, 9.17) is 11.5 Å². The van der Waals surface area contributed by atoms with Crippen molar-refractivity contribution < 1.29 is 58.5 Å². The maximum absolute atomic E-state index is 14.2. The number of imidazole rings is 1. The summed E-state index contributed by atoms with van der Waals surface area (Å²) >= 11 is 0. The Labute approximate surface area is 430 Å². The van der Waals surface area contributed by atoms with E-state index >= 15 is 0 Å². The predicted molar refractivity (Wildman–Crippen MR) is 272 cm³/mol. The number of aromatic hydroxyl groups is 1. The first-order chi connectivity index (χ1) is 35.0. The first kappa shape index (κ1) is 60.9. The molecule has 0 bridgehead atoms. The molecule has 0 fully saturated rings. The van der Waals surface area contributed by atoms with Crippen molar-refractivity contribution in [2.75, 3.05) is 6.54 Å². The summed E-state index contributed by atoms with van der Waals surface area (Å²) in [5.74, 6) is -9.84. The van der Waals surface area contributed by atoms with E-state index < -0.39 is 120 Å². The van der Waals surface area contributed by atoms with Crippen LogP contribution in [0.15, 0.2) is 67.1 Å². The SMILES string of the molecule is CC[C@H](C)[C@H](NC(=O)[C@@H](N)CC(C)C)C(=O)N[C@@H](Cc1ccccc1)C(=O)N[C@@H](CC(=O)O)C(=O)N[C@H](C(=O)N[C@@H](Cc1cnc[nH]1)C(=O)N[C@@H](CCCCN)C(=O)N[C@@H](Cc1ccc(O)cc1)C(=O)O)C(C)C. The number of nitrogens with two attached hydrogens (primary N) is 2. The molecule has 0 aliphatic heterocycles. The number of phenols is 1. The Morgan fingerprint density at radius 1 is 0.608 bits per heavy atom. The van der Waals surface area contributed by atoms with Crippen molar-refractivity contribution in [3.05, 3.63) is 83.9 Å². The van der Waals surface area contributed by atoms with Gasteiger partial charge in [-0.05, 0) is 73.2 Å². The fraction of sp³-hybridized carbons (Fsp3) is 0.529. The van der Waals surface area contributed by atoms with Crippen LogP contribution in [0.2, 0.25) is 0 Å². The molecule has 406 valence electrons. The van der Waals surface area contributed by atoms with E-state index in [1.165, 1.54) is 36.8 Å². The lowest BCUT2D eigenvalue weighted by Gasteiger charge is -2.29. The van der Waals surface area contributed by atoms with Crippen LogP contribution >= 0.6 is 0 Å². The van der Waals surface area contributed by atoms with Crippen LogP contribution in [-0.2, 0) is 62.4 Å². The number of nitrogens with zero attached hydrogens (tertiary/aromatic N) is 1. The fourth-order valence-corrected chi connectivity index (χ4v) is 7.80. The number of carboxylic acids is 2. The minimum absolute atomic E-state index is 0.0322. The molecule has 23 heteroatoms. The molecule has 0 spiro atoms.